The van der Waals surface area contributed by atoms with Gasteiger partial charge in [-0.15, -0.1) is 0 Å². The molecule has 0 spiro atoms. The van der Waals surface area contributed by atoms with E-state index in [2.05, 4.69) is 88.1 Å². The minimum absolute atomic E-state index is 0.183. The van der Waals surface area contributed by atoms with Gasteiger partial charge >= 0.3 is 0 Å². The molecule has 1 atom stereocenters. The van der Waals surface area contributed by atoms with Crippen LogP contribution in [0.25, 0.3) is 0 Å². The van der Waals surface area contributed by atoms with Gasteiger partial charge in [0.05, 0.1) is 38.0 Å². The van der Waals surface area contributed by atoms with Crippen molar-refractivity contribution in [1.82, 2.24) is 0 Å². The van der Waals surface area contributed by atoms with Crippen LogP contribution >= 0.6 is 0 Å². The summed E-state index contributed by atoms with van der Waals surface area (Å²) < 4.78 is 10.4. The fourth-order valence-electron chi connectivity index (χ4n) is 8.50. The van der Waals surface area contributed by atoms with Gasteiger partial charge in [-0.3, -0.25) is 9.59 Å². The Labute approximate surface area is 330 Å². The van der Waals surface area contributed by atoms with Gasteiger partial charge in [-0.25, -0.2) is 0 Å². The molecule has 0 bridgehead atoms. The number of carbonyl (C=O) groups is 2. The predicted octanol–water partition coefficient (Wildman–Crippen LogP) is 12.2. The van der Waals surface area contributed by atoms with Crippen LogP contribution in [0, 0.1) is 11.8 Å². The zero-order chi connectivity index (χ0) is 38.9. The Hall–Kier alpha value is -5.76. The van der Waals surface area contributed by atoms with Crippen LogP contribution in [0.15, 0.2) is 170 Å². The molecule has 8 heteroatoms. The summed E-state index contributed by atoms with van der Waals surface area (Å²) in [5.41, 5.74) is 7.93. The van der Waals surface area contributed by atoms with Crippen LogP contribution in [0.3, 0.4) is 0 Å². The summed E-state index contributed by atoms with van der Waals surface area (Å²) in [7, 11) is 2.89. The molecule has 286 valence electrons. The number of benzene rings is 3. The van der Waals surface area contributed by atoms with Gasteiger partial charge in [0.1, 0.15) is 0 Å². The van der Waals surface area contributed by atoms with E-state index in [0.717, 1.165) is 64.8 Å². The third kappa shape index (κ3) is 8.55. The van der Waals surface area contributed by atoms with Crippen molar-refractivity contribution >= 4 is 22.9 Å². The molecule has 0 aliphatic heterocycles. The van der Waals surface area contributed by atoms with E-state index in [0.29, 0.717) is 23.1 Å². The van der Waals surface area contributed by atoms with E-state index in [4.69, 9.17) is 9.47 Å². The molecule has 0 heterocycles. The quantitative estimate of drug-likeness (QED) is 0.144. The average Bonchev–Trinajstić information content (AvgIpc) is 3.25. The number of hydrogen-bond donors (Lipinski definition) is 0. The van der Waals surface area contributed by atoms with E-state index in [9.17, 15) is 9.59 Å². The fraction of sp³-hybridized carbons (Fsp3) is 0.333. The van der Waals surface area contributed by atoms with Gasteiger partial charge in [-0.05, 0) is 115 Å². The Bertz CT molecular complexity index is 2090. The molecular formula is C48H50N4O4. The van der Waals surface area contributed by atoms with E-state index < -0.39 is 5.41 Å². The van der Waals surface area contributed by atoms with Gasteiger partial charge < -0.3 is 9.47 Å². The molecule has 4 aliphatic carbocycles. The zero-order valence-corrected chi connectivity index (χ0v) is 32.6. The number of methoxy groups -OCH3 is 2. The van der Waals surface area contributed by atoms with Crippen LogP contribution in [0.2, 0.25) is 0 Å². The summed E-state index contributed by atoms with van der Waals surface area (Å²) in [6, 6.07) is 26.8. The van der Waals surface area contributed by atoms with Crippen LogP contribution in [-0.4, -0.2) is 25.8 Å². The molecule has 0 N–H and O–H groups in total. The zero-order valence-electron chi connectivity index (χ0n) is 32.6. The van der Waals surface area contributed by atoms with Crippen molar-refractivity contribution in [3.63, 3.8) is 0 Å². The number of hydrogen-bond acceptors (Lipinski definition) is 8. The molecule has 3 aromatic carbocycles. The number of ether oxygens (including phenoxy) is 2. The van der Waals surface area contributed by atoms with Crippen LogP contribution in [0.1, 0.15) is 87.8 Å². The number of ketones is 2. The Morgan fingerprint density at radius 2 is 0.946 bits per heavy atom. The van der Waals surface area contributed by atoms with Crippen molar-refractivity contribution in [2.75, 3.05) is 14.2 Å². The van der Waals surface area contributed by atoms with Gasteiger partial charge in [0.25, 0.3) is 5.78 Å². The largest absolute Gasteiger partial charge is 0.492 e. The van der Waals surface area contributed by atoms with Gasteiger partial charge in [0, 0.05) is 22.1 Å². The standard InChI is InChI=1S/C48H50N4O4/c1-48(37-17-11-6-12-18-37,39-21-25-41(26-22-39)52-50-32-34-29-44(55-2)47(54)45(30-34)56-3)38-19-23-40(24-20-38)51-49-31-33-27-42(35-13-7-4-8-14-35)46(53)43(28-33)36-15-9-5-10-16-36/h6,11-12,17-32,35-36H,4-5,7-10,13-16H2,1-3H3. The first-order chi connectivity index (χ1) is 27.4. The monoisotopic (exact) mass is 746 g/mol. The summed E-state index contributed by atoms with van der Waals surface area (Å²) in [6.07, 6.45) is 22.5. The second-order valence-corrected chi connectivity index (χ2v) is 15.2. The molecule has 0 aromatic heterocycles. The molecule has 2 saturated carbocycles. The van der Waals surface area contributed by atoms with E-state index in [1.54, 1.807) is 18.4 Å². The fourth-order valence-corrected chi connectivity index (χ4v) is 8.50. The van der Waals surface area contributed by atoms with E-state index in [-0.39, 0.29) is 23.1 Å². The summed E-state index contributed by atoms with van der Waals surface area (Å²) in [5, 5.41) is 17.8. The van der Waals surface area contributed by atoms with Gasteiger partial charge in [0.15, 0.2) is 17.3 Å². The Balaban J connectivity index is 1.11. The summed E-state index contributed by atoms with van der Waals surface area (Å²) in [6.45, 7) is 2.23. The van der Waals surface area contributed by atoms with Crippen molar-refractivity contribution in [3.05, 3.63) is 166 Å². The Morgan fingerprint density at radius 1 is 0.536 bits per heavy atom. The van der Waals surface area contributed by atoms with E-state index >= 15 is 0 Å². The van der Waals surface area contributed by atoms with Crippen LogP contribution in [0.4, 0.5) is 11.4 Å². The lowest BCUT2D eigenvalue weighted by atomic mass is 9.71. The maximum absolute atomic E-state index is 13.8. The molecule has 0 saturated heterocycles. The number of carbonyl (C=O) groups excluding carboxylic acids is 2. The lowest BCUT2D eigenvalue weighted by molar-refractivity contribution is -0.118. The minimum atomic E-state index is -0.469. The van der Waals surface area contributed by atoms with Crippen LogP contribution < -0.4 is 0 Å². The SMILES string of the molecule is COC1=CC(=CN=Nc2ccc(C(C)(c3ccccc3)c3ccc(N=NC=C4C=C(C5CCCCC5)C(=O)C(C5CCCCC5)=C4)cc3)cc2)C=C(OC)C1=O. The van der Waals surface area contributed by atoms with Crippen molar-refractivity contribution < 1.29 is 19.1 Å². The molecule has 1 unspecified atom stereocenters. The third-order valence-electron chi connectivity index (χ3n) is 11.7. The first kappa shape index (κ1) is 38.5. The summed E-state index contributed by atoms with van der Waals surface area (Å²) in [5.74, 6) is 1.03. The minimum Gasteiger partial charge on any atom is -0.492 e. The molecule has 8 nitrogen and oxygen atoms in total. The third-order valence-corrected chi connectivity index (χ3v) is 11.7. The molecule has 0 amide bonds. The van der Waals surface area contributed by atoms with Gasteiger partial charge in [0.2, 0.25) is 0 Å². The smallest absolute Gasteiger partial charge is 0.261 e. The number of azo groups is 2. The predicted molar refractivity (Wildman–Crippen MR) is 220 cm³/mol. The molecular weight excluding hydrogens is 697 g/mol. The summed E-state index contributed by atoms with van der Waals surface area (Å²) >= 11 is 0. The maximum atomic E-state index is 13.8. The molecule has 56 heavy (non-hydrogen) atoms. The number of rotatable bonds is 11. The van der Waals surface area contributed by atoms with Gasteiger partial charge in [-0.2, -0.15) is 20.5 Å². The molecule has 2 fully saturated rings. The highest BCUT2D eigenvalue weighted by Crippen LogP contribution is 2.41. The van der Waals surface area contributed by atoms with Crippen molar-refractivity contribution in [2.45, 2.75) is 76.5 Å². The Morgan fingerprint density at radius 3 is 1.38 bits per heavy atom. The lowest BCUT2D eigenvalue weighted by Crippen LogP contribution is -2.25. The normalized spacial score (nSPS) is 19.6. The van der Waals surface area contributed by atoms with Crippen LogP contribution in [0.5, 0.6) is 0 Å². The highest BCUT2D eigenvalue weighted by Gasteiger charge is 2.33. The first-order valence-corrected chi connectivity index (χ1v) is 19.9. The molecule has 0 radical (unpaired) electrons. The second-order valence-electron chi connectivity index (χ2n) is 15.2. The highest BCUT2D eigenvalue weighted by atomic mass is 16.5. The van der Waals surface area contributed by atoms with Crippen LogP contribution in [-0.2, 0) is 24.5 Å². The number of allylic oxidation sites excluding steroid dienone is 8. The lowest BCUT2D eigenvalue weighted by Gasteiger charge is -2.32. The molecule has 7 rings (SSSR count). The van der Waals surface area contributed by atoms with Crippen molar-refractivity contribution in [1.29, 1.82) is 0 Å². The molecule has 4 aliphatic rings. The Kier molecular flexibility index (Phi) is 12.2. The van der Waals surface area contributed by atoms with Crippen molar-refractivity contribution in [2.24, 2.45) is 32.3 Å². The van der Waals surface area contributed by atoms with Gasteiger partial charge in [-0.1, -0.05) is 93.1 Å². The first-order valence-electron chi connectivity index (χ1n) is 19.9. The van der Waals surface area contributed by atoms with Crippen molar-refractivity contribution in [3.8, 4) is 0 Å². The maximum Gasteiger partial charge on any atom is 0.261 e. The summed E-state index contributed by atoms with van der Waals surface area (Å²) in [4.78, 5) is 26.1. The average molecular weight is 747 g/mol. The highest BCUT2D eigenvalue weighted by molar-refractivity contribution is 6.11. The van der Waals surface area contributed by atoms with E-state index in [1.807, 2.05) is 36.5 Å². The second kappa shape index (κ2) is 17.8. The topological polar surface area (TPSA) is 102 Å². The van der Waals surface area contributed by atoms with E-state index in [1.165, 1.54) is 52.7 Å². The molecule has 3 aromatic rings. The number of Topliss-reactive ketones (excluding diaryl/α,β-unsaturated/α-hetero) is 2. The number of nitrogens with zero attached hydrogens (tertiary/aromatic N) is 4.